The van der Waals surface area contributed by atoms with E-state index in [1.165, 1.54) is 33.4 Å². The lowest BCUT2D eigenvalue weighted by Crippen LogP contribution is -2.27. The van der Waals surface area contributed by atoms with Crippen LogP contribution in [0.4, 0.5) is 0 Å². The summed E-state index contributed by atoms with van der Waals surface area (Å²) in [5.41, 5.74) is 16.4. The van der Waals surface area contributed by atoms with E-state index in [0.717, 1.165) is 55.5 Å². The second kappa shape index (κ2) is 15.0. The first-order chi connectivity index (χ1) is 32.2. The smallest absolute Gasteiger partial charge is 0.164 e. The lowest BCUT2D eigenvalue weighted by molar-refractivity contribution is 0.617. The zero-order chi connectivity index (χ0) is 42.8. The molecule has 0 N–H and O–H groups in total. The Morgan fingerprint density at radius 3 is 1.08 bits per heavy atom. The van der Waals surface area contributed by atoms with Crippen molar-refractivity contribution in [3.05, 3.63) is 240 Å². The lowest BCUT2D eigenvalue weighted by Gasteiger charge is -2.42. The molecule has 3 heterocycles. The molecule has 14 rings (SSSR count). The van der Waals surface area contributed by atoms with E-state index in [0.29, 0.717) is 34.9 Å². The summed E-state index contributed by atoms with van der Waals surface area (Å²) < 4.78 is 5.86. The molecule has 11 aromatic rings. The Balaban J connectivity index is 0.912. The Kier molecular flexibility index (Phi) is 8.52. The Morgan fingerprint density at radius 1 is 0.277 bits per heavy atom. The molecule has 7 heteroatoms. The molecule has 0 saturated carbocycles. The van der Waals surface area contributed by atoms with E-state index in [1.54, 1.807) is 0 Å². The Labute approximate surface area is 374 Å². The molecule has 3 aliphatic carbocycles. The zero-order valence-electron chi connectivity index (χ0n) is 34.9. The Bertz CT molecular complexity index is 3550. The molecule has 2 unspecified atom stereocenters. The van der Waals surface area contributed by atoms with Gasteiger partial charge in [0, 0.05) is 56.2 Å². The van der Waals surface area contributed by atoms with Crippen LogP contribution in [-0.4, -0.2) is 29.9 Å². The van der Waals surface area contributed by atoms with Crippen LogP contribution in [0.2, 0.25) is 0 Å². The summed E-state index contributed by atoms with van der Waals surface area (Å²) in [5, 5.41) is 1.08. The van der Waals surface area contributed by atoms with Crippen molar-refractivity contribution >= 4 is 11.0 Å². The summed E-state index contributed by atoms with van der Waals surface area (Å²) in [6.07, 6.45) is 1.82. The van der Waals surface area contributed by atoms with Crippen molar-refractivity contribution in [2.45, 2.75) is 11.8 Å². The molecule has 65 heavy (non-hydrogen) atoms. The highest BCUT2D eigenvalue weighted by molar-refractivity contribution is 5.94. The van der Waals surface area contributed by atoms with Crippen molar-refractivity contribution in [2.75, 3.05) is 0 Å². The van der Waals surface area contributed by atoms with Crippen molar-refractivity contribution in [3.63, 3.8) is 0 Å². The highest BCUT2D eigenvalue weighted by Crippen LogP contribution is 2.56. The lowest BCUT2D eigenvalue weighted by atomic mass is 9.61. The Hall–Kier alpha value is -8.68. The van der Waals surface area contributed by atoms with Gasteiger partial charge >= 0.3 is 0 Å². The molecule has 7 nitrogen and oxygen atoms in total. The first-order valence-electron chi connectivity index (χ1n) is 21.8. The third-order valence-corrected chi connectivity index (χ3v) is 12.9. The fraction of sp³-hybridized carbons (Fsp3) is 0.0345. The molecule has 8 aromatic carbocycles. The van der Waals surface area contributed by atoms with Gasteiger partial charge in [0.2, 0.25) is 0 Å². The molecular weight excluding hydrogens is 797 g/mol. The second-order valence-electron chi connectivity index (χ2n) is 16.6. The molecule has 0 amide bonds. The van der Waals surface area contributed by atoms with Crippen LogP contribution in [-0.2, 0) is 0 Å². The summed E-state index contributed by atoms with van der Waals surface area (Å²) in [4.78, 5) is 30.5. The Morgan fingerprint density at radius 2 is 0.615 bits per heavy atom. The highest BCUT2D eigenvalue weighted by Gasteiger charge is 2.41. The van der Waals surface area contributed by atoms with Crippen LogP contribution in [0.15, 0.2) is 211 Å². The molecule has 0 fully saturated rings. The molecule has 0 aliphatic heterocycles. The first kappa shape index (κ1) is 36.9. The maximum atomic E-state index is 5.86. The van der Waals surface area contributed by atoms with Gasteiger partial charge in [-0.3, -0.25) is 0 Å². The standard InChI is InChI=1S/C58H36N6O/c1-4-14-36(15-5-1)53-59-54(37-16-6-2-7-17-37)62-57(61-53)40-28-30-45-47(32-40)51-43-21-10-11-22-44(43)52(45)48-33-41(29-31-46(48)51)58-63-55(38-18-8-3-9-19-38)60-56(64-58)39-26-24-35(25-27-39)49-34-65-50-23-13-12-20-42(49)50/h1-34,51-52H. The predicted molar refractivity (Wildman–Crippen MR) is 256 cm³/mol. The molecule has 0 saturated heterocycles. The molecule has 2 bridgehead atoms. The number of benzene rings is 8. The van der Waals surface area contributed by atoms with Crippen LogP contribution in [0.25, 0.3) is 90.4 Å². The van der Waals surface area contributed by atoms with Crippen molar-refractivity contribution in [1.82, 2.24) is 29.9 Å². The number of aromatic nitrogens is 6. The number of hydrogen-bond acceptors (Lipinski definition) is 7. The molecular formula is C58H36N6O. The number of hydrogen-bond donors (Lipinski definition) is 0. The maximum Gasteiger partial charge on any atom is 0.164 e. The van der Waals surface area contributed by atoms with Crippen LogP contribution in [0.5, 0.6) is 0 Å². The molecule has 304 valence electrons. The van der Waals surface area contributed by atoms with Crippen LogP contribution in [0.3, 0.4) is 0 Å². The number of rotatable bonds is 7. The maximum absolute atomic E-state index is 5.86. The van der Waals surface area contributed by atoms with Gasteiger partial charge in [0.1, 0.15) is 5.58 Å². The minimum atomic E-state index is 0.0229. The SMILES string of the molecule is c1ccc(-c2nc(-c3ccccc3)nc(-c3ccc4c(c3)C3c5ccccc5C4c4cc(-c5nc(-c6ccccc6)nc(-c6ccc(-c7coc8ccccc78)cc6)n5)ccc43)n2)cc1. The minimum absolute atomic E-state index is 0.0229. The number of nitrogens with zero attached hydrogens (tertiary/aromatic N) is 6. The molecule has 3 aliphatic rings. The molecule has 0 spiro atoms. The van der Waals surface area contributed by atoms with E-state index in [2.05, 4.69) is 91.0 Å². The van der Waals surface area contributed by atoms with Crippen LogP contribution in [0.1, 0.15) is 45.2 Å². The van der Waals surface area contributed by atoms with Gasteiger partial charge in [0.25, 0.3) is 0 Å². The largest absolute Gasteiger partial charge is 0.464 e. The van der Waals surface area contributed by atoms with Gasteiger partial charge in [0.15, 0.2) is 34.9 Å². The van der Waals surface area contributed by atoms with E-state index in [9.17, 15) is 0 Å². The summed E-state index contributed by atoms with van der Waals surface area (Å²) in [5.74, 6) is 3.86. The van der Waals surface area contributed by atoms with E-state index in [-0.39, 0.29) is 11.8 Å². The predicted octanol–water partition coefficient (Wildman–Crippen LogP) is 13.5. The summed E-state index contributed by atoms with van der Waals surface area (Å²) in [6.45, 7) is 0. The van der Waals surface area contributed by atoms with Gasteiger partial charge in [-0.1, -0.05) is 182 Å². The fourth-order valence-corrected chi connectivity index (χ4v) is 9.78. The normalized spacial score (nSPS) is 14.5. The van der Waals surface area contributed by atoms with E-state index in [1.807, 2.05) is 115 Å². The topological polar surface area (TPSA) is 90.5 Å². The summed E-state index contributed by atoms with van der Waals surface area (Å²) in [7, 11) is 0. The van der Waals surface area contributed by atoms with E-state index < -0.39 is 0 Å². The summed E-state index contributed by atoms with van der Waals surface area (Å²) >= 11 is 0. The molecule has 0 radical (unpaired) electrons. The van der Waals surface area contributed by atoms with Gasteiger partial charge in [-0.05, 0) is 57.1 Å². The van der Waals surface area contributed by atoms with E-state index >= 15 is 0 Å². The fourth-order valence-electron chi connectivity index (χ4n) is 9.78. The second-order valence-corrected chi connectivity index (χ2v) is 16.6. The average molecular weight is 833 g/mol. The van der Waals surface area contributed by atoms with Crippen molar-refractivity contribution in [1.29, 1.82) is 0 Å². The number of furan rings is 1. The summed E-state index contributed by atoms with van der Waals surface area (Å²) in [6, 6.07) is 69.3. The monoisotopic (exact) mass is 832 g/mol. The van der Waals surface area contributed by atoms with Gasteiger partial charge < -0.3 is 4.42 Å². The van der Waals surface area contributed by atoms with Gasteiger partial charge in [0.05, 0.1) is 6.26 Å². The number of fused-ring (bicyclic) bond motifs is 1. The van der Waals surface area contributed by atoms with Gasteiger partial charge in [-0.15, -0.1) is 0 Å². The first-order valence-corrected chi connectivity index (χ1v) is 21.8. The zero-order valence-corrected chi connectivity index (χ0v) is 34.9. The van der Waals surface area contributed by atoms with Crippen LogP contribution >= 0.6 is 0 Å². The average Bonchev–Trinajstić information content (AvgIpc) is 3.83. The third-order valence-electron chi connectivity index (χ3n) is 12.9. The van der Waals surface area contributed by atoms with Gasteiger partial charge in [-0.2, -0.15) is 0 Å². The van der Waals surface area contributed by atoms with Crippen LogP contribution in [0, 0.1) is 0 Å². The van der Waals surface area contributed by atoms with Crippen LogP contribution < -0.4 is 0 Å². The quantitative estimate of drug-likeness (QED) is 0.158. The third kappa shape index (κ3) is 6.27. The minimum Gasteiger partial charge on any atom is -0.464 e. The van der Waals surface area contributed by atoms with E-state index in [4.69, 9.17) is 34.3 Å². The molecule has 3 aromatic heterocycles. The van der Waals surface area contributed by atoms with Crippen molar-refractivity contribution < 1.29 is 4.42 Å². The molecule has 2 atom stereocenters. The van der Waals surface area contributed by atoms with Gasteiger partial charge in [-0.25, -0.2) is 29.9 Å². The highest BCUT2D eigenvalue weighted by atomic mass is 16.3. The van der Waals surface area contributed by atoms with Crippen molar-refractivity contribution in [2.24, 2.45) is 0 Å². The number of para-hydroxylation sites is 1. The van der Waals surface area contributed by atoms with Crippen molar-refractivity contribution in [3.8, 4) is 79.5 Å².